The molecule has 1 aromatic heterocycles. The normalized spacial score (nSPS) is 18.4. The molecule has 1 fully saturated rings. The molecule has 0 bridgehead atoms. The number of hydrogen-bond acceptors (Lipinski definition) is 4. The van der Waals surface area contributed by atoms with Gasteiger partial charge in [0, 0.05) is 48.2 Å². The molecule has 156 valence electrons. The second-order valence-electron chi connectivity index (χ2n) is 8.24. The van der Waals surface area contributed by atoms with Gasteiger partial charge >= 0.3 is 0 Å². The highest BCUT2D eigenvalue weighted by Gasteiger charge is 2.29. The van der Waals surface area contributed by atoms with Crippen molar-refractivity contribution >= 4 is 22.5 Å². The van der Waals surface area contributed by atoms with Crippen LogP contribution in [0.15, 0.2) is 48.7 Å². The van der Waals surface area contributed by atoms with E-state index in [9.17, 15) is 9.18 Å². The first-order chi connectivity index (χ1) is 14.4. The molecule has 0 unspecified atom stereocenters. The van der Waals surface area contributed by atoms with E-state index in [1.807, 2.05) is 50.4 Å². The van der Waals surface area contributed by atoms with E-state index >= 15 is 0 Å². The average molecular weight is 407 g/mol. The zero-order valence-electron chi connectivity index (χ0n) is 17.6. The van der Waals surface area contributed by atoms with Crippen LogP contribution in [0.5, 0.6) is 0 Å². The van der Waals surface area contributed by atoms with Crippen molar-refractivity contribution in [3.63, 3.8) is 0 Å². The van der Waals surface area contributed by atoms with E-state index in [1.54, 1.807) is 13.0 Å². The Morgan fingerprint density at radius 2 is 2.03 bits per heavy atom. The van der Waals surface area contributed by atoms with Crippen molar-refractivity contribution < 1.29 is 9.18 Å². The fourth-order valence-electron chi connectivity index (χ4n) is 3.93. The molecule has 1 amide bonds. The van der Waals surface area contributed by atoms with E-state index in [4.69, 9.17) is 0 Å². The van der Waals surface area contributed by atoms with Gasteiger partial charge in [0.1, 0.15) is 11.6 Å². The lowest BCUT2D eigenvalue weighted by atomic mass is 9.93. The van der Waals surface area contributed by atoms with E-state index in [2.05, 4.69) is 20.2 Å². The highest BCUT2D eigenvalue weighted by molar-refractivity contribution is 5.80. The van der Waals surface area contributed by atoms with Crippen LogP contribution in [-0.4, -0.2) is 35.0 Å². The number of rotatable bonds is 5. The van der Waals surface area contributed by atoms with Gasteiger partial charge in [0.2, 0.25) is 5.91 Å². The lowest BCUT2D eigenvalue weighted by Crippen LogP contribution is -2.41. The molecule has 0 radical (unpaired) electrons. The Morgan fingerprint density at radius 1 is 1.23 bits per heavy atom. The number of aromatic nitrogens is 2. The van der Waals surface area contributed by atoms with Gasteiger partial charge in [-0.3, -0.25) is 4.79 Å². The Labute approximate surface area is 176 Å². The van der Waals surface area contributed by atoms with Crippen LogP contribution in [0, 0.1) is 18.7 Å². The number of carbonyl (C=O) groups excluding carboxylic acids is 1. The number of carbonyl (C=O) groups is 1. The predicted molar refractivity (Wildman–Crippen MR) is 117 cm³/mol. The fraction of sp³-hybridized carbons (Fsp3) is 0.375. The third kappa shape index (κ3) is 4.13. The van der Waals surface area contributed by atoms with Crippen LogP contribution < -0.4 is 10.2 Å². The zero-order valence-corrected chi connectivity index (χ0v) is 17.6. The molecular formula is C24H27FN4O. The SMILES string of the molecule is Cc1cc(N2CC[C@@H](NC(=O)[C@@H](C)[C@H](C)c3ncc4ccccc4n3)C2)ccc1F. The van der Waals surface area contributed by atoms with Crippen molar-refractivity contribution in [1.29, 1.82) is 0 Å². The standard InChI is InChI=1S/C24H27FN4O/c1-15-12-20(8-9-21(15)25)29-11-10-19(14-29)27-24(30)17(3)16(2)23-26-13-18-6-4-5-7-22(18)28-23/h4-9,12-13,16-17,19H,10-11,14H2,1-3H3,(H,27,30)/t16-,17-,19+/m0/s1. The molecular weight excluding hydrogens is 379 g/mol. The Hall–Kier alpha value is -3.02. The summed E-state index contributed by atoms with van der Waals surface area (Å²) in [5, 5.41) is 4.18. The highest BCUT2D eigenvalue weighted by atomic mass is 19.1. The van der Waals surface area contributed by atoms with Crippen LogP contribution in [0.25, 0.3) is 10.9 Å². The number of nitrogens with zero attached hydrogens (tertiary/aromatic N) is 3. The Kier molecular flexibility index (Phi) is 5.66. The number of amides is 1. The van der Waals surface area contributed by atoms with Crippen molar-refractivity contribution in [3.05, 3.63) is 65.9 Å². The summed E-state index contributed by atoms with van der Waals surface area (Å²) >= 11 is 0. The smallest absolute Gasteiger partial charge is 0.223 e. The summed E-state index contributed by atoms with van der Waals surface area (Å²) in [6.45, 7) is 7.26. The molecule has 0 spiro atoms. The summed E-state index contributed by atoms with van der Waals surface area (Å²) in [6.07, 6.45) is 2.69. The van der Waals surface area contributed by atoms with Gasteiger partial charge in [0.05, 0.1) is 5.52 Å². The zero-order chi connectivity index (χ0) is 21.3. The molecule has 1 aliphatic rings. The van der Waals surface area contributed by atoms with Gasteiger partial charge in [0.25, 0.3) is 0 Å². The molecule has 4 rings (SSSR count). The van der Waals surface area contributed by atoms with Crippen molar-refractivity contribution in [1.82, 2.24) is 15.3 Å². The number of halogens is 1. The molecule has 0 saturated carbocycles. The molecule has 30 heavy (non-hydrogen) atoms. The van der Waals surface area contributed by atoms with Gasteiger partial charge in [-0.15, -0.1) is 0 Å². The molecule has 0 aliphatic carbocycles. The molecule has 1 aliphatic heterocycles. The third-order valence-corrected chi connectivity index (χ3v) is 6.12. The fourth-order valence-corrected chi connectivity index (χ4v) is 3.93. The van der Waals surface area contributed by atoms with Crippen LogP contribution in [0.4, 0.5) is 10.1 Å². The predicted octanol–water partition coefficient (Wildman–Crippen LogP) is 4.21. The van der Waals surface area contributed by atoms with E-state index in [0.717, 1.165) is 36.1 Å². The van der Waals surface area contributed by atoms with Gasteiger partial charge in [-0.1, -0.05) is 32.0 Å². The number of para-hydroxylation sites is 1. The molecule has 3 atom stereocenters. The minimum Gasteiger partial charge on any atom is -0.369 e. The average Bonchev–Trinajstić information content (AvgIpc) is 3.22. The van der Waals surface area contributed by atoms with Gasteiger partial charge in [-0.05, 0) is 43.2 Å². The van der Waals surface area contributed by atoms with Crippen LogP contribution >= 0.6 is 0 Å². The maximum Gasteiger partial charge on any atom is 0.223 e. The second kappa shape index (κ2) is 8.38. The van der Waals surface area contributed by atoms with E-state index in [-0.39, 0.29) is 29.6 Å². The lowest BCUT2D eigenvalue weighted by molar-refractivity contribution is -0.125. The summed E-state index contributed by atoms with van der Waals surface area (Å²) in [4.78, 5) is 24.2. The molecule has 1 N–H and O–H groups in total. The van der Waals surface area contributed by atoms with Crippen molar-refractivity contribution in [2.75, 3.05) is 18.0 Å². The number of aryl methyl sites for hydroxylation is 1. The van der Waals surface area contributed by atoms with Crippen molar-refractivity contribution in [2.24, 2.45) is 5.92 Å². The van der Waals surface area contributed by atoms with Gasteiger partial charge in [-0.2, -0.15) is 0 Å². The number of hydrogen-bond donors (Lipinski definition) is 1. The van der Waals surface area contributed by atoms with Gasteiger partial charge < -0.3 is 10.2 Å². The maximum absolute atomic E-state index is 13.5. The van der Waals surface area contributed by atoms with E-state index < -0.39 is 0 Å². The molecule has 2 heterocycles. The number of anilines is 1. The third-order valence-electron chi connectivity index (χ3n) is 6.12. The first-order valence-electron chi connectivity index (χ1n) is 10.5. The lowest BCUT2D eigenvalue weighted by Gasteiger charge is -2.22. The topological polar surface area (TPSA) is 58.1 Å². The van der Waals surface area contributed by atoms with Crippen LogP contribution in [0.3, 0.4) is 0 Å². The van der Waals surface area contributed by atoms with E-state index in [1.165, 1.54) is 6.07 Å². The molecule has 5 nitrogen and oxygen atoms in total. The first kappa shape index (κ1) is 20.3. The molecule has 2 aromatic carbocycles. The second-order valence-corrected chi connectivity index (χ2v) is 8.24. The van der Waals surface area contributed by atoms with Crippen molar-refractivity contribution in [3.8, 4) is 0 Å². The minimum atomic E-state index is -0.242. The summed E-state index contributed by atoms with van der Waals surface area (Å²) in [6, 6.07) is 13.1. The molecule has 3 aromatic rings. The number of nitrogens with one attached hydrogen (secondary N) is 1. The number of benzene rings is 2. The Morgan fingerprint density at radius 3 is 2.83 bits per heavy atom. The quantitative estimate of drug-likeness (QED) is 0.690. The minimum absolute atomic E-state index is 0.0152. The van der Waals surface area contributed by atoms with Crippen LogP contribution in [-0.2, 0) is 4.79 Å². The summed E-state index contributed by atoms with van der Waals surface area (Å²) in [5.41, 5.74) is 2.53. The first-order valence-corrected chi connectivity index (χ1v) is 10.5. The highest BCUT2D eigenvalue weighted by Crippen LogP contribution is 2.25. The summed E-state index contributed by atoms with van der Waals surface area (Å²) < 4.78 is 13.5. The van der Waals surface area contributed by atoms with E-state index in [0.29, 0.717) is 11.4 Å². The largest absolute Gasteiger partial charge is 0.369 e. The van der Waals surface area contributed by atoms with Gasteiger partial charge in [0.15, 0.2) is 0 Å². The number of fused-ring (bicyclic) bond motifs is 1. The van der Waals surface area contributed by atoms with Crippen LogP contribution in [0.2, 0.25) is 0 Å². The van der Waals surface area contributed by atoms with Crippen LogP contribution in [0.1, 0.15) is 37.6 Å². The maximum atomic E-state index is 13.5. The molecule has 1 saturated heterocycles. The monoisotopic (exact) mass is 406 g/mol. The van der Waals surface area contributed by atoms with Crippen molar-refractivity contribution in [2.45, 2.75) is 39.2 Å². The summed E-state index contributed by atoms with van der Waals surface area (Å²) in [5.74, 6) is 0.175. The summed E-state index contributed by atoms with van der Waals surface area (Å²) in [7, 11) is 0. The Bertz CT molecular complexity index is 1070. The van der Waals surface area contributed by atoms with Gasteiger partial charge in [-0.25, -0.2) is 14.4 Å². The molecule has 6 heteroatoms. The Balaban J connectivity index is 1.38.